The highest BCUT2D eigenvalue weighted by Crippen LogP contribution is 2.39. The highest BCUT2D eigenvalue weighted by Gasteiger charge is 2.26. The van der Waals surface area contributed by atoms with Crippen molar-refractivity contribution in [3.05, 3.63) is 64.2 Å². The van der Waals surface area contributed by atoms with Crippen molar-refractivity contribution in [2.45, 2.75) is 44.0 Å². The molecular weight excluding hydrogens is 414 g/mol. The monoisotopic (exact) mass is 437 g/mol. The molecule has 3 aromatic rings. The lowest BCUT2D eigenvalue weighted by Gasteiger charge is -2.19. The van der Waals surface area contributed by atoms with E-state index in [-0.39, 0.29) is 5.69 Å². The third-order valence-corrected chi connectivity index (χ3v) is 5.89. The number of ether oxygens (including phenoxy) is 1. The molecule has 0 amide bonds. The SMILES string of the molecule is CCCCCCSc1nnc2c(n1)O[C@H](c1ccc([N+](=O)[O-])cc1)Nc1ccccc1-2. The molecule has 0 aliphatic carbocycles. The molecule has 0 saturated heterocycles. The van der Waals surface area contributed by atoms with E-state index in [0.29, 0.717) is 16.7 Å². The Kier molecular flexibility index (Phi) is 6.61. The molecule has 2 heterocycles. The molecule has 1 aliphatic rings. The first kappa shape index (κ1) is 21.0. The number of rotatable bonds is 8. The molecular formula is C22H23N5O3S. The average Bonchev–Trinajstić information content (AvgIpc) is 2.95. The number of nitrogens with one attached hydrogen (secondary N) is 1. The van der Waals surface area contributed by atoms with Gasteiger partial charge in [-0.3, -0.25) is 10.1 Å². The summed E-state index contributed by atoms with van der Waals surface area (Å²) in [6.07, 6.45) is 4.16. The Morgan fingerprint density at radius 2 is 1.90 bits per heavy atom. The number of non-ortho nitro benzene ring substituents is 1. The second kappa shape index (κ2) is 9.74. The van der Waals surface area contributed by atoms with Crippen molar-refractivity contribution < 1.29 is 9.66 Å². The van der Waals surface area contributed by atoms with Gasteiger partial charge in [0.05, 0.1) is 4.92 Å². The van der Waals surface area contributed by atoms with Gasteiger partial charge >= 0.3 is 0 Å². The van der Waals surface area contributed by atoms with Gasteiger partial charge in [0.1, 0.15) is 0 Å². The molecule has 160 valence electrons. The number of nitro groups is 1. The molecule has 0 bridgehead atoms. The highest BCUT2D eigenvalue weighted by molar-refractivity contribution is 7.99. The standard InChI is InChI=1S/C22H23N5O3S/c1-2-3-4-7-14-31-22-24-21-19(25-26-22)17-8-5-6-9-18(17)23-20(30-21)15-10-12-16(13-11-15)27(28)29/h5-6,8-13,20,23H,2-4,7,14H2,1H3/t20-/m1/s1. The predicted molar refractivity (Wildman–Crippen MR) is 120 cm³/mol. The molecule has 9 heteroatoms. The molecule has 8 nitrogen and oxygen atoms in total. The quantitative estimate of drug-likeness (QED) is 0.209. The number of benzene rings is 2. The fourth-order valence-corrected chi connectivity index (χ4v) is 4.10. The van der Waals surface area contributed by atoms with Gasteiger partial charge in [-0.2, -0.15) is 4.98 Å². The number of nitrogens with zero attached hydrogens (tertiary/aromatic N) is 4. The summed E-state index contributed by atoms with van der Waals surface area (Å²) < 4.78 is 6.20. The van der Waals surface area contributed by atoms with Crippen molar-refractivity contribution in [2.24, 2.45) is 0 Å². The summed E-state index contributed by atoms with van der Waals surface area (Å²) in [5, 5.41) is 23.6. The number of fused-ring (bicyclic) bond motifs is 3. The van der Waals surface area contributed by atoms with E-state index < -0.39 is 11.2 Å². The summed E-state index contributed by atoms with van der Waals surface area (Å²) in [4.78, 5) is 15.2. The van der Waals surface area contributed by atoms with Crippen LogP contribution in [0.2, 0.25) is 0 Å². The molecule has 0 spiro atoms. The zero-order valence-electron chi connectivity index (χ0n) is 17.2. The number of para-hydroxylation sites is 1. The lowest BCUT2D eigenvalue weighted by Crippen LogP contribution is -2.17. The first-order chi connectivity index (χ1) is 15.2. The van der Waals surface area contributed by atoms with E-state index in [1.165, 1.54) is 31.4 Å². The lowest BCUT2D eigenvalue weighted by molar-refractivity contribution is -0.384. The van der Waals surface area contributed by atoms with Crippen LogP contribution in [0.5, 0.6) is 5.88 Å². The molecule has 1 atom stereocenters. The smallest absolute Gasteiger partial charge is 0.269 e. The average molecular weight is 438 g/mol. The van der Waals surface area contributed by atoms with E-state index in [9.17, 15) is 10.1 Å². The topological polar surface area (TPSA) is 103 Å². The van der Waals surface area contributed by atoms with E-state index in [4.69, 9.17) is 4.74 Å². The summed E-state index contributed by atoms with van der Waals surface area (Å²) in [5.74, 6) is 1.33. The Morgan fingerprint density at radius 3 is 2.68 bits per heavy atom. The van der Waals surface area contributed by atoms with E-state index in [1.54, 1.807) is 23.9 Å². The van der Waals surface area contributed by atoms with Crippen molar-refractivity contribution in [1.82, 2.24) is 15.2 Å². The van der Waals surface area contributed by atoms with Crippen molar-refractivity contribution in [2.75, 3.05) is 11.1 Å². The van der Waals surface area contributed by atoms with E-state index in [0.717, 1.165) is 29.0 Å². The summed E-state index contributed by atoms with van der Waals surface area (Å²) >= 11 is 1.57. The van der Waals surface area contributed by atoms with E-state index >= 15 is 0 Å². The summed E-state index contributed by atoms with van der Waals surface area (Å²) in [5.41, 5.74) is 3.04. The number of thioether (sulfide) groups is 1. The molecule has 1 aromatic heterocycles. The van der Waals surface area contributed by atoms with Crippen LogP contribution < -0.4 is 10.1 Å². The highest BCUT2D eigenvalue weighted by atomic mass is 32.2. The van der Waals surface area contributed by atoms with Crippen LogP contribution in [0.15, 0.2) is 53.7 Å². The number of anilines is 1. The van der Waals surface area contributed by atoms with Gasteiger partial charge in [0, 0.05) is 34.7 Å². The van der Waals surface area contributed by atoms with Crippen molar-refractivity contribution >= 4 is 23.1 Å². The maximum Gasteiger partial charge on any atom is 0.269 e. The molecule has 4 rings (SSSR count). The summed E-state index contributed by atoms with van der Waals surface area (Å²) in [6, 6.07) is 14.0. The van der Waals surface area contributed by atoms with Gasteiger partial charge in [-0.25, -0.2) is 0 Å². The van der Waals surface area contributed by atoms with Crippen LogP contribution >= 0.6 is 11.8 Å². The summed E-state index contributed by atoms with van der Waals surface area (Å²) in [6.45, 7) is 2.19. The first-order valence-electron chi connectivity index (χ1n) is 10.3. The zero-order valence-corrected chi connectivity index (χ0v) is 18.0. The van der Waals surface area contributed by atoms with Crippen LogP contribution in [-0.2, 0) is 0 Å². The Bertz CT molecular complexity index is 1060. The van der Waals surface area contributed by atoms with Gasteiger partial charge in [0.25, 0.3) is 5.69 Å². The van der Waals surface area contributed by atoms with Gasteiger partial charge in [-0.1, -0.05) is 56.1 Å². The normalized spacial score (nSPS) is 14.5. The minimum absolute atomic E-state index is 0.0314. The number of aromatic nitrogens is 3. The Labute approximate surface area is 184 Å². The fraction of sp³-hybridized carbons (Fsp3) is 0.318. The van der Waals surface area contributed by atoms with E-state index in [2.05, 4.69) is 27.4 Å². The van der Waals surface area contributed by atoms with Gasteiger partial charge < -0.3 is 10.1 Å². The minimum Gasteiger partial charge on any atom is -0.448 e. The molecule has 0 unspecified atom stereocenters. The molecule has 1 N–H and O–H groups in total. The number of unbranched alkanes of at least 4 members (excludes halogenated alkanes) is 3. The molecule has 31 heavy (non-hydrogen) atoms. The van der Waals surface area contributed by atoms with Gasteiger partial charge in [-0.15, -0.1) is 10.2 Å². The van der Waals surface area contributed by atoms with Crippen molar-refractivity contribution in [3.8, 4) is 17.1 Å². The van der Waals surface area contributed by atoms with Crippen molar-refractivity contribution in [3.63, 3.8) is 0 Å². The van der Waals surface area contributed by atoms with Gasteiger partial charge in [0.15, 0.2) is 11.9 Å². The molecule has 0 saturated carbocycles. The summed E-state index contributed by atoms with van der Waals surface area (Å²) in [7, 11) is 0. The van der Waals surface area contributed by atoms with E-state index in [1.807, 2.05) is 24.3 Å². The maximum absolute atomic E-state index is 11.0. The fourth-order valence-electron chi connectivity index (χ4n) is 3.32. The van der Waals surface area contributed by atoms with Gasteiger partial charge in [0.2, 0.25) is 11.0 Å². The van der Waals surface area contributed by atoms with Crippen LogP contribution in [-0.4, -0.2) is 25.9 Å². The van der Waals surface area contributed by atoms with Crippen LogP contribution in [0.3, 0.4) is 0 Å². The molecule has 0 radical (unpaired) electrons. The maximum atomic E-state index is 11.0. The van der Waals surface area contributed by atoms with Crippen LogP contribution in [0.1, 0.15) is 44.4 Å². The Balaban J connectivity index is 1.62. The first-order valence-corrected chi connectivity index (χ1v) is 11.3. The zero-order chi connectivity index (χ0) is 21.6. The van der Waals surface area contributed by atoms with Crippen LogP contribution in [0.25, 0.3) is 11.3 Å². The molecule has 0 fully saturated rings. The predicted octanol–water partition coefficient (Wildman–Crippen LogP) is 5.62. The minimum atomic E-state index is -0.567. The second-order valence-electron chi connectivity index (χ2n) is 7.19. The Hall–Kier alpha value is -3.20. The third-order valence-electron chi connectivity index (χ3n) is 4.97. The second-order valence-corrected chi connectivity index (χ2v) is 8.26. The van der Waals surface area contributed by atoms with Gasteiger partial charge in [-0.05, 0) is 24.6 Å². The van der Waals surface area contributed by atoms with Crippen LogP contribution in [0.4, 0.5) is 11.4 Å². The number of hydrogen-bond donors (Lipinski definition) is 1. The third kappa shape index (κ3) is 4.93. The number of hydrogen-bond acceptors (Lipinski definition) is 8. The largest absolute Gasteiger partial charge is 0.448 e. The molecule has 1 aliphatic heterocycles. The van der Waals surface area contributed by atoms with Crippen LogP contribution in [0, 0.1) is 10.1 Å². The Morgan fingerprint density at radius 1 is 1.10 bits per heavy atom. The molecule has 2 aromatic carbocycles. The van der Waals surface area contributed by atoms with Crippen molar-refractivity contribution in [1.29, 1.82) is 0 Å². The lowest BCUT2D eigenvalue weighted by atomic mass is 10.1. The number of nitro benzene ring substituents is 1.